The maximum atomic E-state index is 12.0. The van der Waals surface area contributed by atoms with Crippen LogP contribution >= 0.6 is 11.6 Å². The van der Waals surface area contributed by atoms with Crippen LogP contribution < -0.4 is 5.32 Å². The Labute approximate surface area is 170 Å². The van der Waals surface area contributed by atoms with Crippen LogP contribution in [-0.2, 0) is 22.5 Å². The molecule has 0 spiro atoms. The summed E-state index contributed by atoms with van der Waals surface area (Å²) in [4.78, 5) is 12.0. The molecule has 0 fully saturated rings. The van der Waals surface area contributed by atoms with Gasteiger partial charge in [-0.3, -0.25) is 4.79 Å². The summed E-state index contributed by atoms with van der Waals surface area (Å²) < 4.78 is 7.37. The second-order valence-corrected chi connectivity index (χ2v) is 6.93. The highest BCUT2D eigenvalue weighted by molar-refractivity contribution is 6.30. The van der Waals surface area contributed by atoms with Crippen molar-refractivity contribution in [3.63, 3.8) is 0 Å². The van der Waals surface area contributed by atoms with Crippen LogP contribution in [0, 0.1) is 0 Å². The molecule has 1 aromatic heterocycles. The summed E-state index contributed by atoms with van der Waals surface area (Å²) >= 11 is 5.90. The number of rotatable bonds is 10. The molecule has 0 atom stereocenters. The highest BCUT2D eigenvalue weighted by Gasteiger charge is 2.05. The minimum absolute atomic E-state index is 0.0194. The van der Waals surface area contributed by atoms with Gasteiger partial charge in [0.05, 0.1) is 18.5 Å². The van der Waals surface area contributed by atoms with Crippen LogP contribution in [0.2, 0.25) is 5.02 Å². The van der Waals surface area contributed by atoms with E-state index in [0.717, 1.165) is 17.7 Å². The van der Waals surface area contributed by atoms with Gasteiger partial charge >= 0.3 is 0 Å². The van der Waals surface area contributed by atoms with E-state index in [2.05, 4.69) is 22.5 Å². The SMILES string of the molecule is O=C(CCCOCCc1ccccc1)NCc1cnn(-c2ccc(Cl)cc2)c1. The third kappa shape index (κ3) is 6.51. The van der Waals surface area contributed by atoms with Crippen molar-refractivity contribution in [2.45, 2.75) is 25.8 Å². The lowest BCUT2D eigenvalue weighted by atomic mass is 10.2. The van der Waals surface area contributed by atoms with Gasteiger partial charge in [0.2, 0.25) is 5.91 Å². The van der Waals surface area contributed by atoms with Gasteiger partial charge in [-0.1, -0.05) is 41.9 Å². The van der Waals surface area contributed by atoms with Gasteiger partial charge in [-0.15, -0.1) is 0 Å². The molecule has 6 heteroatoms. The van der Waals surface area contributed by atoms with Crippen LogP contribution in [0.4, 0.5) is 0 Å². The first kappa shape index (κ1) is 20.1. The molecule has 0 saturated carbocycles. The van der Waals surface area contributed by atoms with Crippen LogP contribution in [0.15, 0.2) is 67.0 Å². The maximum Gasteiger partial charge on any atom is 0.220 e. The summed E-state index contributed by atoms with van der Waals surface area (Å²) in [6.07, 6.45) is 5.71. The summed E-state index contributed by atoms with van der Waals surface area (Å²) in [5.74, 6) is 0.0194. The molecule has 5 nitrogen and oxygen atoms in total. The number of amides is 1. The van der Waals surface area contributed by atoms with E-state index in [0.29, 0.717) is 37.6 Å². The Kier molecular flexibility index (Phi) is 7.64. The second-order valence-electron chi connectivity index (χ2n) is 6.50. The minimum Gasteiger partial charge on any atom is -0.381 e. The standard InChI is InChI=1S/C22H24ClN3O2/c23-20-8-10-21(11-9-20)26-17-19(16-25-26)15-24-22(27)7-4-13-28-14-12-18-5-2-1-3-6-18/h1-3,5-6,8-11,16-17H,4,7,12-15H2,(H,24,27). The number of hydrogen-bond donors (Lipinski definition) is 1. The lowest BCUT2D eigenvalue weighted by Crippen LogP contribution is -2.22. The average Bonchev–Trinajstić information content (AvgIpc) is 3.19. The van der Waals surface area contributed by atoms with E-state index in [9.17, 15) is 4.79 Å². The number of hydrogen-bond acceptors (Lipinski definition) is 3. The van der Waals surface area contributed by atoms with Gasteiger partial charge in [0.1, 0.15) is 0 Å². The number of carbonyl (C=O) groups excluding carboxylic acids is 1. The van der Waals surface area contributed by atoms with Crippen molar-refractivity contribution in [3.05, 3.63) is 83.1 Å². The zero-order valence-corrected chi connectivity index (χ0v) is 16.4. The molecule has 1 amide bonds. The molecule has 0 unspecified atom stereocenters. The molecule has 0 radical (unpaired) electrons. The van der Waals surface area contributed by atoms with E-state index >= 15 is 0 Å². The Morgan fingerprint density at radius 3 is 2.61 bits per heavy atom. The first-order chi connectivity index (χ1) is 13.7. The van der Waals surface area contributed by atoms with Crippen molar-refractivity contribution in [1.29, 1.82) is 0 Å². The van der Waals surface area contributed by atoms with Crippen molar-refractivity contribution in [2.75, 3.05) is 13.2 Å². The fourth-order valence-electron chi connectivity index (χ4n) is 2.75. The van der Waals surface area contributed by atoms with E-state index in [-0.39, 0.29) is 5.91 Å². The molecule has 28 heavy (non-hydrogen) atoms. The molecule has 1 heterocycles. The van der Waals surface area contributed by atoms with Crippen LogP contribution in [0.25, 0.3) is 5.69 Å². The maximum absolute atomic E-state index is 12.0. The monoisotopic (exact) mass is 397 g/mol. The molecule has 3 rings (SSSR count). The number of nitrogens with zero attached hydrogens (tertiary/aromatic N) is 2. The normalized spacial score (nSPS) is 10.8. The first-order valence-electron chi connectivity index (χ1n) is 9.38. The predicted octanol–water partition coefficient (Wildman–Crippen LogP) is 4.18. The highest BCUT2D eigenvalue weighted by atomic mass is 35.5. The van der Waals surface area contributed by atoms with E-state index in [1.165, 1.54) is 5.56 Å². The Morgan fingerprint density at radius 1 is 1.04 bits per heavy atom. The lowest BCUT2D eigenvalue weighted by Gasteiger charge is -2.05. The molecule has 146 valence electrons. The Bertz CT molecular complexity index is 863. The van der Waals surface area contributed by atoms with Crippen molar-refractivity contribution in [3.8, 4) is 5.69 Å². The lowest BCUT2D eigenvalue weighted by molar-refractivity contribution is -0.121. The summed E-state index contributed by atoms with van der Waals surface area (Å²) in [6.45, 7) is 1.73. The van der Waals surface area contributed by atoms with Crippen molar-refractivity contribution < 1.29 is 9.53 Å². The molecule has 0 saturated heterocycles. The van der Waals surface area contributed by atoms with Gasteiger partial charge in [-0.2, -0.15) is 5.10 Å². The fourth-order valence-corrected chi connectivity index (χ4v) is 2.87. The zero-order chi connectivity index (χ0) is 19.6. The topological polar surface area (TPSA) is 56.1 Å². The number of halogens is 1. The summed E-state index contributed by atoms with van der Waals surface area (Å²) in [7, 11) is 0. The zero-order valence-electron chi connectivity index (χ0n) is 15.7. The molecule has 1 N–H and O–H groups in total. The highest BCUT2D eigenvalue weighted by Crippen LogP contribution is 2.13. The van der Waals surface area contributed by atoms with Crippen LogP contribution in [0.1, 0.15) is 24.0 Å². The molecule has 0 bridgehead atoms. The van der Waals surface area contributed by atoms with Crippen molar-refractivity contribution in [1.82, 2.24) is 15.1 Å². The molecule has 0 aliphatic carbocycles. The first-order valence-corrected chi connectivity index (χ1v) is 9.76. The molecule has 2 aromatic carbocycles. The molecule has 3 aromatic rings. The van der Waals surface area contributed by atoms with E-state index in [1.54, 1.807) is 10.9 Å². The predicted molar refractivity (Wildman–Crippen MR) is 111 cm³/mol. The minimum atomic E-state index is 0.0194. The Hall–Kier alpha value is -2.63. The van der Waals surface area contributed by atoms with Gasteiger partial charge in [0, 0.05) is 36.4 Å². The summed E-state index contributed by atoms with van der Waals surface area (Å²) in [6, 6.07) is 17.7. The fraction of sp³-hybridized carbons (Fsp3) is 0.273. The third-order valence-electron chi connectivity index (χ3n) is 4.29. The van der Waals surface area contributed by atoms with Crippen molar-refractivity contribution in [2.24, 2.45) is 0 Å². The summed E-state index contributed by atoms with van der Waals surface area (Å²) in [5.41, 5.74) is 3.14. The van der Waals surface area contributed by atoms with Gasteiger partial charge in [-0.25, -0.2) is 4.68 Å². The molecule has 0 aliphatic heterocycles. The Balaban J connectivity index is 1.30. The number of aromatic nitrogens is 2. The van der Waals surface area contributed by atoms with E-state index < -0.39 is 0 Å². The molecular weight excluding hydrogens is 374 g/mol. The quantitative estimate of drug-likeness (QED) is 0.522. The van der Waals surface area contributed by atoms with Crippen molar-refractivity contribution >= 4 is 17.5 Å². The average molecular weight is 398 g/mol. The smallest absolute Gasteiger partial charge is 0.220 e. The second kappa shape index (κ2) is 10.6. The number of ether oxygens (including phenoxy) is 1. The van der Waals surface area contributed by atoms with Gasteiger partial charge in [0.25, 0.3) is 0 Å². The number of carbonyl (C=O) groups is 1. The van der Waals surface area contributed by atoms with Gasteiger partial charge in [0.15, 0.2) is 0 Å². The van der Waals surface area contributed by atoms with E-state index in [1.807, 2.05) is 48.7 Å². The van der Waals surface area contributed by atoms with Gasteiger partial charge in [-0.05, 0) is 42.7 Å². The molecular formula is C22H24ClN3O2. The number of benzene rings is 2. The van der Waals surface area contributed by atoms with Crippen LogP contribution in [-0.4, -0.2) is 28.9 Å². The third-order valence-corrected chi connectivity index (χ3v) is 4.54. The molecule has 0 aliphatic rings. The van der Waals surface area contributed by atoms with Gasteiger partial charge < -0.3 is 10.1 Å². The van der Waals surface area contributed by atoms with Crippen LogP contribution in [0.5, 0.6) is 0 Å². The Morgan fingerprint density at radius 2 is 1.82 bits per heavy atom. The van der Waals surface area contributed by atoms with Crippen LogP contribution in [0.3, 0.4) is 0 Å². The summed E-state index contributed by atoms with van der Waals surface area (Å²) in [5, 5.41) is 7.93. The van der Waals surface area contributed by atoms with E-state index in [4.69, 9.17) is 16.3 Å². The largest absolute Gasteiger partial charge is 0.381 e. The number of nitrogens with one attached hydrogen (secondary N) is 1.